The van der Waals surface area contributed by atoms with Gasteiger partial charge in [0.15, 0.2) is 0 Å². The zero-order valence-corrected chi connectivity index (χ0v) is 17.4. The van der Waals surface area contributed by atoms with Crippen molar-refractivity contribution in [1.82, 2.24) is 5.32 Å². The van der Waals surface area contributed by atoms with Gasteiger partial charge in [0.05, 0.1) is 6.54 Å². The molecule has 0 amide bonds. The molecule has 0 heterocycles. The van der Waals surface area contributed by atoms with E-state index in [1.54, 1.807) is 6.92 Å². The number of unbranched alkanes of at least 4 members (excludes halogenated alkanes) is 14. The molecular formula is C22H43NO3. The van der Waals surface area contributed by atoms with E-state index in [1.165, 1.54) is 83.5 Å². The molecule has 0 aromatic carbocycles. The number of rotatable bonds is 20. The SMILES string of the molecule is CCCCCCCCCCCCCCCCCC(=O)CN[C@@H](C)C(=O)O. The number of nitrogens with one attached hydrogen (secondary N) is 1. The molecule has 0 aromatic heterocycles. The van der Waals surface area contributed by atoms with Crippen LogP contribution in [-0.2, 0) is 9.59 Å². The average molecular weight is 370 g/mol. The molecule has 0 aliphatic rings. The second-order valence-corrected chi connectivity index (χ2v) is 7.68. The number of carboxylic acid groups (broad SMARTS) is 1. The van der Waals surface area contributed by atoms with E-state index >= 15 is 0 Å². The monoisotopic (exact) mass is 369 g/mol. The van der Waals surface area contributed by atoms with E-state index in [4.69, 9.17) is 5.11 Å². The fraction of sp³-hybridized carbons (Fsp3) is 0.909. The number of carbonyl (C=O) groups is 2. The Kier molecular flexibility index (Phi) is 18.2. The van der Waals surface area contributed by atoms with E-state index in [0.29, 0.717) is 6.42 Å². The molecule has 0 bridgehead atoms. The summed E-state index contributed by atoms with van der Waals surface area (Å²) in [7, 11) is 0. The molecule has 0 saturated carbocycles. The average Bonchev–Trinajstić information content (AvgIpc) is 2.62. The number of ketones is 1. The predicted octanol–water partition coefficient (Wildman–Crippen LogP) is 5.88. The first kappa shape index (κ1) is 25.1. The predicted molar refractivity (Wildman–Crippen MR) is 110 cm³/mol. The van der Waals surface area contributed by atoms with Crippen LogP contribution in [0.2, 0.25) is 0 Å². The molecule has 0 aliphatic carbocycles. The summed E-state index contributed by atoms with van der Waals surface area (Å²) in [5.74, 6) is -0.794. The topological polar surface area (TPSA) is 66.4 Å². The Bertz CT molecular complexity index is 344. The van der Waals surface area contributed by atoms with Crippen molar-refractivity contribution >= 4 is 11.8 Å². The third kappa shape index (κ3) is 17.9. The van der Waals surface area contributed by atoms with Crippen LogP contribution in [0, 0.1) is 0 Å². The standard InChI is InChI=1S/C22H43NO3/c1-3-4-5-6-7-8-9-10-11-12-13-14-15-16-17-18-21(24)19-23-20(2)22(25)26/h20,23H,3-19H2,1-2H3,(H,25,26)/t20-/m0/s1. The minimum Gasteiger partial charge on any atom is -0.480 e. The first-order chi connectivity index (χ1) is 12.6. The lowest BCUT2D eigenvalue weighted by Crippen LogP contribution is -2.37. The van der Waals surface area contributed by atoms with Crippen molar-refractivity contribution < 1.29 is 14.7 Å². The number of carboxylic acids is 1. The van der Waals surface area contributed by atoms with E-state index in [0.717, 1.165) is 12.8 Å². The molecule has 4 heteroatoms. The summed E-state index contributed by atoms with van der Waals surface area (Å²) >= 11 is 0. The number of aliphatic carboxylic acids is 1. The summed E-state index contributed by atoms with van der Waals surface area (Å²) in [5, 5.41) is 11.5. The van der Waals surface area contributed by atoms with Crippen LogP contribution in [0.15, 0.2) is 0 Å². The summed E-state index contributed by atoms with van der Waals surface area (Å²) in [6.45, 7) is 4.00. The fourth-order valence-corrected chi connectivity index (χ4v) is 3.14. The van der Waals surface area contributed by atoms with Gasteiger partial charge in [-0.25, -0.2) is 0 Å². The van der Waals surface area contributed by atoms with Crippen LogP contribution in [0.4, 0.5) is 0 Å². The highest BCUT2D eigenvalue weighted by Crippen LogP contribution is 2.13. The molecule has 2 N–H and O–H groups in total. The largest absolute Gasteiger partial charge is 0.480 e. The summed E-state index contributed by atoms with van der Waals surface area (Å²) in [6.07, 6.45) is 20.3. The van der Waals surface area contributed by atoms with Gasteiger partial charge in [-0.15, -0.1) is 0 Å². The van der Waals surface area contributed by atoms with Gasteiger partial charge in [-0.2, -0.15) is 0 Å². The zero-order valence-electron chi connectivity index (χ0n) is 17.4. The Morgan fingerprint density at radius 1 is 0.731 bits per heavy atom. The van der Waals surface area contributed by atoms with Crippen molar-refractivity contribution in [2.75, 3.05) is 6.54 Å². The number of carbonyl (C=O) groups excluding carboxylic acids is 1. The molecule has 0 rings (SSSR count). The molecule has 0 unspecified atom stereocenters. The smallest absolute Gasteiger partial charge is 0.320 e. The zero-order chi connectivity index (χ0) is 19.5. The van der Waals surface area contributed by atoms with Gasteiger partial charge in [-0.1, -0.05) is 96.8 Å². The van der Waals surface area contributed by atoms with Crippen molar-refractivity contribution in [3.8, 4) is 0 Å². The molecule has 0 fully saturated rings. The van der Waals surface area contributed by atoms with Crippen molar-refractivity contribution in [2.24, 2.45) is 0 Å². The maximum Gasteiger partial charge on any atom is 0.320 e. The lowest BCUT2D eigenvalue weighted by Gasteiger charge is -2.08. The lowest BCUT2D eigenvalue weighted by atomic mass is 10.0. The minimum atomic E-state index is -0.912. The van der Waals surface area contributed by atoms with Crippen LogP contribution in [0.5, 0.6) is 0 Å². The molecule has 154 valence electrons. The van der Waals surface area contributed by atoms with Gasteiger partial charge in [0.1, 0.15) is 11.8 Å². The Morgan fingerprint density at radius 3 is 1.50 bits per heavy atom. The minimum absolute atomic E-state index is 0.118. The van der Waals surface area contributed by atoms with Crippen LogP contribution in [-0.4, -0.2) is 29.4 Å². The molecule has 0 aliphatic heterocycles. The second kappa shape index (κ2) is 18.9. The van der Waals surface area contributed by atoms with Gasteiger partial charge in [-0.3, -0.25) is 14.9 Å². The molecule has 0 radical (unpaired) electrons. The van der Waals surface area contributed by atoms with Gasteiger partial charge < -0.3 is 5.11 Å². The van der Waals surface area contributed by atoms with E-state index in [-0.39, 0.29) is 12.3 Å². The Hall–Kier alpha value is -0.900. The number of hydrogen-bond donors (Lipinski definition) is 2. The lowest BCUT2D eigenvalue weighted by molar-refractivity contribution is -0.139. The number of hydrogen-bond acceptors (Lipinski definition) is 3. The van der Waals surface area contributed by atoms with E-state index in [2.05, 4.69) is 12.2 Å². The third-order valence-electron chi connectivity index (χ3n) is 5.04. The van der Waals surface area contributed by atoms with Crippen LogP contribution in [0.3, 0.4) is 0 Å². The van der Waals surface area contributed by atoms with Crippen molar-refractivity contribution in [2.45, 2.75) is 123 Å². The Morgan fingerprint density at radius 2 is 1.12 bits per heavy atom. The summed E-state index contributed by atoms with van der Waals surface area (Å²) < 4.78 is 0. The third-order valence-corrected chi connectivity index (χ3v) is 5.04. The Balaban J connectivity index is 3.19. The van der Waals surface area contributed by atoms with Gasteiger partial charge in [0.2, 0.25) is 0 Å². The van der Waals surface area contributed by atoms with Crippen LogP contribution >= 0.6 is 0 Å². The number of Topliss-reactive ketones (excluding diaryl/α,β-unsaturated/α-hetero) is 1. The van der Waals surface area contributed by atoms with Crippen molar-refractivity contribution in [3.63, 3.8) is 0 Å². The van der Waals surface area contributed by atoms with Crippen LogP contribution in [0.1, 0.15) is 117 Å². The van der Waals surface area contributed by atoms with Gasteiger partial charge >= 0.3 is 5.97 Å². The molecule has 0 spiro atoms. The highest BCUT2D eigenvalue weighted by molar-refractivity contribution is 5.81. The summed E-state index contributed by atoms with van der Waals surface area (Å²) in [5.41, 5.74) is 0. The van der Waals surface area contributed by atoms with Crippen molar-refractivity contribution in [1.29, 1.82) is 0 Å². The van der Waals surface area contributed by atoms with Gasteiger partial charge in [0, 0.05) is 6.42 Å². The van der Waals surface area contributed by atoms with E-state index < -0.39 is 12.0 Å². The molecule has 26 heavy (non-hydrogen) atoms. The summed E-state index contributed by atoms with van der Waals surface area (Å²) in [4.78, 5) is 22.3. The summed E-state index contributed by atoms with van der Waals surface area (Å²) in [6, 6.07) is -0.653. The van der Waals surface area contributed by atoms with Crippen LogP contribution < -0.4 is 5.32 Å². The Labute approximate surface area is 161 Å². The molecule has 0 saturated heterocycles. The first-order valence-corrected chi connectivity index (χ1v) is 11.1. The maximum atomic E-state index is 11.6. The first-order valence-electron chi connectivity index (χ1n) is 11.1. The van der Waals surface area contributed by atoms with Gasteiger partial charge in [0.25, 0.3) is 0 Å². The quantitative estimate of drug-likeness (QED) is 0.263. The maximum absolute atomic E-state index is 11.6. The molecule has 0 aromatic rings. The fourth-order valence-electron chi connectivity index (χ4n) is 3.14. The van der Waals surface area contributed by atoms with Gasteiger partial charge in [-0.05, 0) is 13.3 Å². The molecule has 1 atom stereocenters. The van der Waals surface area contributed by atoms with E-state index in [1.807, 2.05) is 0 Å². The second-order valence-electron chi connectivity index (χ2n) is 7.68. The van der Waals surface area contributed by atoms with E-state index in [9.17, 15) is 9.59 Å². The highest BCUT2D eigenvalue weighted by atomic mass is 16.4. The molecular weight excluding hydrogens is 326 g/mol. The molecule has 4 nitrogen and oxygen atoms in total. The highest BCUT2D eigenvalue weighted by Gasteiger charge is 2.11. The van der Waals surface area contributed by atoms with Crippen LogP contribution in [0.25, 0.3) is 0 Å². The normalized spacial score (nSPS) is 12.2. The van der Waals surface area contributed by atoms with Crippen molar-refractivity contribution in [3.05, 3.63) is 0 Å².